The summed E-state index contributed by atoms with van der Waals surface area (Å²) in [5, 5.41) is 4.06. The molecule has 1 aromatic carbocycles. The van der Waals surface area contributed by atoms with Crippen LogP contribution in [-0.4, -0.2) is 37.0 Å². The number of amides is 1. The number of hydrogen-bond donors (Lipinski definition) is 1. The van der Waals surface area contributed by atoms with Crippen LogP contribution >= 0.6 is 11.6 Å². The maximum absolute atomic E-state index is 12.4. The van der Waals surface area contributed by atoms with Gasteiger partial charge in [-0.1, -0.05) is 11.6 Å². The normalized spacial score (nSPS) is 19.2. The SMILES string of the molecule is CCN(CC1CCCNC1)C(=O)c1ccc(Cl)cc1. The Labute approximate surface area is 119 Å². The van der Waals surface area contributed by atoms with E-state index >= 15 is 0 Å². The Morgan fingerprint density at radius 3 is 2.74 bits per heavy atom. The van der Waals surface area contributed by atoms with Gasteiger partial charge in [-0.05, 0) is 63.0 Å². The molecule has 0 aromatic heterocycles. The molecular weight excluding hydrogens is 260 g/mol. The molecule has 4 heteroatoms. The molecule has 0 saturated carbocycles. The molecule has 0 aliphatic carbocycles. The van der Waals surface area contributed by atoms with E-state index in [-0.39, 0.29) is 5.91 Å². The molecular formula is C15H21ClN2O. The van der Waals surface area contributed by atoms with Crippen molar-refractivity contribution < 1.29 is 4.79 Å². The summed E-state index contributed by atoms with van der Waals surface area (Å²) >= 11 is 5.85. The van der Waals surface area contributed by atoms with Crippen LogP contribution in [-0.2, 0) is 0 Å². The first-order valence-corrected chi connectivity index (χ1v) is 7.34. The highest BCUT2D eigenvalue weighted by Gasteiger charge is 2.20. The van der Waals surface area contributed by atoms with Gasteiger partial charge in [-0.3, -0.25) is 4.79 Å². The van der Waals surface area contributed by atoms with Gasteiger partial charge in [-0.2, -0.15) is 0 Å². The number of halogens is 1. The second-order valence-corrected chi connectivity index (χ2v) is 5.50. The Hall–Kier alpha value is -1.06. The molecule has 1 saturated heterocycles. The van der Waals surface area contributed by atoms with Gasteiger partial charge in [0.15, 0.2) is 0 Å². The van der Waals surface area contributed by atoms with Crippen LogP contribution in [0.1, 0.15) is 30.1 Å². The molecule has 0 radical (unpaired) electrons. The number of carbonyl (C=O) groups is 1. The lowest BCUT2D eigenvalue weighted by Gasteiger charge is -2.29. The predicted molar refractivity (Wildman–Crippen MR) is 78.6 cm³/mol. The Bertz CT molecular complexity index is 413. The number of nitrogens with zero attached hydrogens (tertiary/aromatic N) is 1. The van der Waals surface area contributed by atoms with Gasteiger partial charge in [0.2, 0.25) is 0 Å². The van der Waals surface area contributed by atoms with Gasteiger partial charge in [0, 0.05) is 23.7 Å². The zero-order valence-electron chi connectivity index (χ0n) is 11.4. The van der Waals surface area contributed by atoms with E-state index in [0.717, 1.165) is 31.7 Å². The number of hydrogen-bond acceptors (Lipinski definition) is 2. The zero-order chi connectivity index (χ0) is 13.7. The summed E-state index contributed by atoms with van der Waals surface area (Å²) in [4.78, 5) is 14.4. The number of carbonyl (C=O) groups excluding carboxylic acids is 1. The third-order valence-corrected chi connectivity index (χ3v) is 3.89. The highest BCUT2D eigenvalue weighted by molar-refractivity contribution is 6.30. The van der Waals surface area contributed by atoms with Gasteiger partial charge in [0.05, 0.1) is 0 Å². The Morgan fingerprint density at radius 2 is 2.16 bits per heavy atom. The summed E-state index contributed by atoms with van der Waals surface area (Å²) in [7, 11) is 0. The van der Waals surface area contributed by atoms with E-state index in [1.807, 2.05) is 11.8 Å². The van der Waals surface area contributed by atoms with Crippen molar-refractivity contribution in [1.29, 1.82) is 0 Å². The van der Waals surface area contributed by atoms with Crippen LogP contribution in [0.25, 0.3) is 0 Å². The van der Waals surface area contributed by atoms with Crippen LogP contribution in [0.2, 0.25) is 5.02 Å². The molecule has 1 aliphatic rings. The summed E-state index contributed by atoms with van der Waals surface area (Å²) in [6.45, 7) is 5.74. The monoisotopic (exact) mass is 280 g/mol. The molecule has 0 bridgehead atoms. The summed E-state index contributed by atoms with van der Waals surface area (Å²) in [6.07, 6.45) is 2.41. The second kappa shape index (κ2) is 6.92. The summed E-state index contributed by atoms with van der Waals surface area (Å²) in [5.74, 6) is 0.676. The first-order valence-electron chi connectivity index (χ1n) is 6.96. The fourth-order valence-electron chi connectivity index (χ4n) is 2.52. The zero-order valence-corrected chi connectivity index (χ0v) is 12.1. The molecule has 0 spiro atoms. The first kappa shape index (κ1) is 14.4. The quantitative estimate of drug-likeness (QED) is 0.920. The minimum Gasteiger partial charge on any atom is -0.339 e. The van der Waals surface area contributed by atoms with Gasteiger partial charge >= 0.3 is 0 Å². The lowest BCUT2D eigenvalue weighted by molar-refractivity contribution is 0.0729. The molecule has 3 nitrogen and oxygen atoms in total. The maximum atomic E-state index is 12.4. The lowest BCUT2D eigenvalue weighted by atomic mass is 9.99. The Morgan fingerprint density at radius 1 is 1.42 bits per heavy atom. The van der Waals surface area contributed by atoms with Crippen LogP contribution in [0, 0.1) is 5.92 Å². The van der Waals surface area contributed by atoms with Crippen molar-refractivity contribution in [3.63, 3.8) is 0 Å². The van der Waals surface area contributed by atoms with E-state index in [9.17, 15) is 4.79 Å². The number of piperidine rings is 1. The lowest BCUT2D eigenvalue weighted by Crippen LogP contribution is -2.41. The van der Waals surface area contributed by atoms with E-state index in [2.05, 4.69) is 5.32 Å². The van der Waals surface area contributed by atoms with Crippen molar-refractivity contribution in [2.75, 3.05) is 26.2 Å². The Kier molecular flexibility index (Phi) is 5.23. The van der Waals surface area contributed by atoms with Gasteiger partial charge in [0.1, 0.15) is 0 Å². The fourth-order valence-corrected chi connectivity index (χ4v) is 2.65. The largest absolute Gasteiger partial charge is 0.339 e. The molecule has 1 aromatic rings. The highest BCUT2D eigenvalue weighted by Crippen LogP contribution is 2.15. The average molecular weight is 281 g/mol. The van der Waals surface area contributed by atoms with Crippen LogP contribution in [0.15, 0.2) is 24.3 Å². The van der Waals surface area contributed by atoms with Gasteiger partial charge < -0.3 is 10.2 Å². The first-order chi connectivity index (χ1) is 9.20. The molecule has 2 rings (SSSR count). The molecule has 1 atom stereocenters. The molecule has 1 amide bonds. The second-order valence-electron chi connectivity index (χ2n) is 5.06. The topological polar surface area (TPSA) is 32.3 Å². The van der Waals surface area contributed by atoms with E-state index in [1.54, 1.807) is 24.3 Å². The fraction of sp³-hybridized carbons (Fsp3) is 0.533. The van der Waals surface area contributed by atoms with Crippen LogP contribution in [0.4, 0.5) is 0 Å². The third-order valence-electron chi connectivity index (χ3n) is 3.64. The molecule has 104 valence electrons. The van der Waals surface area contributed by atoms with Crippen LogP contribution in [0.5, 0.6) is 0 Å². The van der Waals surface area contributed by atoms with Crippen molar-refractivity contribution in [1.82, 2.24) is 10.2 Å². The van der Waals surface area contributed by atoms with E-state index < -0.39 is 0 Å². The van der Waals surface area contributed by atoms with Crippen molar-refractivity contribution in [3.8, 4) is 0 Å². The van der Waals surface area contributed by atoms with Crippen LogP contribution < -0.4 is 5.32 Å². The highest BCUT2D eigenvalue weighted by atomic mass is 35.5. The standard InChI is InChI=1S/C15H21ClN2O/c1-2-18(11-12-4-3-9-17-10-12)15(19)13-5-7-14(16)8-6-13/h5-8,12,17H,2-4,9-11H2,1H3. The number of rotatable bonds is 4. The minimum absolute atomic E-state index is 0.102. The van der Waals surface area contributed by atoms with Crippen molar-refractivity contribution >= 4 is 17.5 Å². The van der Waals surface area contributed by atoms with Crippen molar-refractivity contribution in [2.45, 2.75) is 19.8 Å². The average Bonchev–Trinajstić information content (AvgIpc) is 2.46. The molecule has 1 fully saturated rings. The molecule has 1 N–H and O–H groups in total. The maximum Gasteiger partial charge on any atom is 0.253 e. The summed E-state index contributed by atoms with van der Waals surface area (Å²) in [6, 6.07) is 7.13. The van der Waals surface area contributed by atoms with Gasteiger partial charge in [-0.15, -0.1) is 0 Å². The molecule has 1 heterocycles. The summed E-state index contributed by atoms with van der Waals surface area (Å²) in [5.41, 5.74) is 0.718. The predicted octanol–water partition coefficient (Wildman–Crippen LogP) is 2.80. The van der Waals surface area contributed by atoms with Gasteiger partial charge in [-0.25, -0.2) is 0 Å². The van der Waals surface area contributed by atoms with E-state index in [0.29, 0.717) is 10.9 Å². The van der Waals surface area contributed by atoms with Crippen molar-refractivity contribution in [2.24, 2.45) is 5.92 Å². The van der Waals surface area contributed by atoms with Crippen LogP contribution in [0.3, 0.4) is 0 Å². The molecule has 1 unspecified atom stereocenters. The van der Waals surface area contributed by atoms with E-state index in [4.69, 9.17) is 11.6 Å². The third kappa shape index (κ3) is 3.95. The smallest absolute Gasteiger partial charge is 0.253 e. The molecule has 1 aliphatic heterocycles. The van der Waals surface area contributed by atoms with Crippen molar-refractivity contribution in [3.05, 3.63) is 34.9 Å². The summed E-state index contributed by atoms with van der Waals surface area (Å²) < 4.78 is 0. The number of benzene rings is 1. The molecule has 19 heavy (non-hydrogen) atoms. The van der Waals surface area contributed by atoms with E-state index in [1.165, 1.54) is 12.8 Å². The minimum atomic E-state index is 0.102. The number of nitrogens with one attached hydrogen (secondary N) is 1. The Balaban J connectivity index is 1.99. The van der Waals surface area contributed by atoms with Gasteiger partial charge in [0.25, 0.3) is 5.91 Å².